The molecule has 0 saturated carbocycles. The summed E-state index contributed by atoms with van der Waals surface area (Å²) in [6, 6.07) is 9.66. The molecule has 0 aliphatic rings. The largest absolute Gasteiger partial charge is 0.376 e. The van der Waals surface area contributed by atoms with E-state index in [2.05, 4.69) is 15.6 Å². The molecule has 1 aromatic carbocycles. The van der Waals surface area contributed by atoms with Crippen LogP contribution in [0.5, 0.6) is 0 Å². The maximum atomic E-state index is 11.5. The Morgan fingerprint density at radius 2 is 2.11 bits per heavy atom. The lowest BCUT2D eigenvalue weighted by Gasteiger charge is -2.07. The third kappa shape index (κ3) is 3.93. The van der Waals surface area contributed by atoms with Gasteiger partial charge in [-0.25, -0.2) is 4.98 Å². The molecule has 1 aromatic heterocycles. The number of hydrogen-bond acceptors (Lipinski definition) is 3. The van der Waals surface area contributed by atoms with Crippen LogP contribution in [0.3, 0.4) is 0 Å². The van der Waals surface area contributed by atoms with E-state index in [0.717, 1.165) is 12.2 Å². The average molecular weight is 244 g/mol. The number of benzene rings is 1. The van der Waals surface area contributed by atoms with Crippen LogP contribution in [0.2, 0.25) is 0 Å². The molecule has 0 unspecified atom stereocenters. The zero-order valence-corrected chi connectivity index (χ0v) is 10.0. The molecule has 0 aliphatic carbocycles. The number of anilines is 1. The van der Waals surface area contributed by atoms with Gasteiger partial charge in [-0.3, -0.25) is 4.79 Å². The molecule has 5 nitrogen and oxygen atoms in total. The van der Waals surface area contributed by atoms with Gasteiger partial charge in [0.1, 0.15) is 0 Å². The zero-order chi connectivity index (χ0) is 12.6. The van der Waals surface area contributed by atoms with Gasteiger partial charge in [0.15, 0.2) is 0 Å². The Kier molecular flexibility index (Phi) is 4.35. The molecule has 0 spiro atoms. The number of carbonyl (C=O) groups excluding carboxylic acids is 1. The normalized spacial score (nSPS) is 10.0. The maximum absolute atomic E-state index is 11.5. The number of nitrogens with one attached hydrogen (secondary N) is 2. The molecule has 0 atom stereocenters. The van der Waals surface area contributed by atoms with Crippen molar-refractivity contribution in [2.75, 3.05) is 18.4 Å². The van der Waals surface area contributed by atoms with Gasteiger partial charge in [-0.15, -0.1) is 0 Å². The standard InChI is InChI=1S/C13H16N4O/c18-13(10-16-12-4-2-1-3-5-12)15-7-9-17-8-6-14-11-17/h1-6,8,11,16H,7,9-10H2,(H,15,18). The number of carbonyl (C=O) groups is 1. The van der Waals surface area contributed by atoms with Crippen molar-refractivity contribution in [3.63, 3.8) is 0 Å². The summed E-state index contributed by atoms with van der Waals surface area (Å²) in [6.07, 6.45) is 5.32. The minimum atomic E-state index is -0.0148. The molecule has 2 N–H and O–H groups in total. The van der Waals surface area contributed by atoms with E-state index in [-0.39, 0.29) is 12.5 Å². The fourth-order valence-corrected chi connectivity index (χ4v) is 1.54. The molecule has 1 amide bonds. The second-order valence-corrected chi connectivity index (χ2v) is 3.87. The van der Waals surface area contributed by atoms with Crippen molar-refractivity contribution in [3.8, 4) is 0 Å². The van der Waals surface area contributed by atoms with Gasteiger partial charge in [-0.1, -0.05) is 18.2 Å². The highest BCUT2D eigenvalue weighted by Crippen LogP contribution is 2.03. The molecule has 5 heteroatoms. The van der Waals surface area contributed by atoms with Crippen LogP contribution >= 0.6 is 0 Å². The van der Waals surface area contributed by atoms with Gasteiger partial charge in [-0.05, 0) is 12.1 Å². The lowest BCUT2D eigenvalue weighted by atomic mass is 10.3. The first-order valence-electron chi connectivity index (χ1n) is 5.86. The number of hydrogen-bond donors (Lipinski definition) is 2. The molecule has 94 valence electrons. The van der Waals surface area contributed by atoms with Gasteiger partial charge in [0, 0.05) is 31.2 Å². The molecule has 0 fully saturated rings. The Hall–Kier alpha value is -2.30. The molecular weight excluding hydrogens is 228 g/mol. The van der Waals surface area contributed by atoms with Crippen LogP contribution in [-0.4, -0.2) is 28.5 Å². The minimum Gasteiger partial charge on any atom is -0.376 e. The summed E-state index contributed by atoms with van der Waals surface area (Å²) in [5.41, 5.74) is 0.947. The predicted octanol–water partition coefficient (Wildman–Crippen LogP) is 1.11. The molecular formula is C13H16N4O. The topological polar surface area (TPSA) is 59.0 Å². The summed E-state index contributed by atoms with van der Waals surface area (Å²) in [7, 11) is 0. The van der Waals surface area contributed by atoms with E-state index < -0.39 is 0 Å². The number of para-hydroxylation sites is 1. The molecule has 1 heterocycles. The highest BCUT2D eigenvalue weighted by Gasteiger charge is 2.00. The lowest BCUT2D eigenvalue weighted by Crippen LogP contribution is -2.32. The number of rotatable bonds is 6. The summed E-state index contributed by atoms with van der Waals surface area (Å²) >= 11 is 0. The van der Waals surface area contributed by atoms with Crippen molar-refractivity contribution in [3.05, 3.63) is 49.1 Å². The van der Waals surface area contributed by atoms with Crippen LogP contribution in [0.25, 0.3) is 0 Å². The third-order valence-corrected chi connectivity index (χ3v) is 2.48. The first-order chi connectivity index (χ1) is 8.84. The van der Waals surface area contributed by atoms with Gasteiger partial charge in [0.25, 0.3) is 0 Å². The van der Waals surface area contributed by atoms with E-state index in [9.17, 15) is 4.79 Å². The summed E-state index contributed by atoms with van der Waals surface area (Å²) < 4.78 is 1.92. The fraction of sp³-hybridized carbons (Fsp3) is 0.231. The fourth-order valence-electron chi connectivity index (χ4n) is 1.54. The first-order valence-corrected chi connectivity index (χ1v) is 5.86. The van der Waals surface area contributed by atoms with Crippen LogP contribution in [0.1, 0.15) is 0 Å². The summed E-state index contributed by atoms with van der Waals surface area (Å²) in [5, 5.41) is 5.90. The second kappa shape index (κ2) is 6.44. The molecule has 0 saturated heterocycles. The number of imidazole rings is 1. The van der Waals surface area contributed by atoms with Crippen molar-refractivity contribution in [2.24, 2.45) is 0 Å². The minimum absolute atomic E-state index is 0.0148. The second-order valence-electron chi connectivity index (χ2n) is 3.87. The molecule has 0 radical (unpaired) electrons. The molecule has 18 heavy (non-hydrogen) atoms. The van der Waals surface area contributed by atoms with Crippen molar-refractivity contribution >= 4 is 11.6 Å². The molecule has 2 rings (SSSR count). The van der Waals surface area contributed by atoms with Crippen LogP contribution in [0, 0.1) is 0 Å². The maximum Gasteiger partial charge on any atom is 0.239 e. The summed E-state index contributed by atoms with van der Waals surface area (Å²) in [4.78, 5) is 15.5. The summed E-state index contributed by atoms with van der Waals surface area (Å²) in [5.74, 6) is -0.0148. The third-order valence-electron chi connectivity index (χ3n) is 2.48. The van der Waals surface area contributed by atoms with Crippen LogP contribution < -0.4 is 10.6 Å². The molecule has 2 aromatic rings. The van der Waals surface area contributed by atoms with Gasteiger partial charge in [0.2, 0.25) is 5.91 Å². The zero-order valence-electron chi connectivity index (χ0n) is 10.0. The van der Waals surface area contributed by atoms with Gasteiger partial charge in [0.05, 0.1) is 12.9 Å². The smallest absolute Gasteiger partial charge is 0.239 e. The predicted molar refractivity (Wildman–Crippen MR) is 70.2 cm³/mol. The van der Waals surface area contributed by atoms with Crippen LogP contribution in [-0.2, 0) is 11.3 Å². The lowest BCUT2D eigenvalue weighted by molar-refractivity contribution is -0.119. The van der Waals surface area contributed by atoms with E-state index in [1.54, 1.807) is 12.5 Å². The van der Waals surface area contributed by atoms with Crippen LogP contribution in [0.15, 0.2) is 49.1 Å². The highest BCUT2D eigenvalue weighted by molar-refractivity contribution is 5.80. The number of amides is 1. The van der Waals surface area contributed by atoms with E-state index in [1.807, 2.05) is 41.1 Å². The van der Waals surface area contributed by atoms with E-state index in [1.165, 1.54) is 0 Å². The quantitative estimate of drug-likeness (QED) is 0.800. The Bertz CT molecular complexity index is 467. The molecule has 0 aliphatic heterocycles. The van der Waals surface area contributed by atoms with E-state index in [0.29, 0.717) is 6.54 Å². The first kappa shape index (κ1) is 12.2. The number of aromatic nitrogens is 2. The van der Waals surface area contributed by atoms with Gasteiger partial charge in [-0.2, -0.15) is 0 Å². The van der Waals surface area contributed by atoms with E-state index in [4.69, 9.17) is 0 Å². The monoisotopic (exact) mass is 244 g/mol. The Labute approximate surface area is 106 Å². The SMILES string of the molecule is O=C(CNc1ccccc1)NCCn1ccnc1. The van der Waals surface area contributed by atoms with E-state index >= 15 is 0 Å². The Morgan fingerprint density at radius 3 is 2.83 bits per heavy atom. The van der Waals surface area contributed by atoms with Crippen molar-refractivity contribution < 1.29 is 4.79 Å². The highest BCUT2D eigenvalue weighted by atomic mass is 16.1. The van der Waals surface area contributed by atoms with Crippen molar-refractivity contribution in [2.45, 2.75) is 6.54 Å². The van der Waals surface area contributed by atoms with Crippen molar-refractivity contribution in [1.29, 1.82) is 0 Å². The number of nitrogens with zero attached hydrogens (tertiary/aromatic N) is 2. The van der Waals surface area contributed by atoms with Gasteiger partial charge >= 0.3 is 0 Å². The summed E-state index contributed by atoms with van der Waals surface area (Å²) in [6.45, 7) is 1.62. The van der Waals surface area contributed by atoms with Gasteiger partial charge < -0.3 is 15.2 Å². The van der Waals surface area contributed by atoms with Crippen molar-refractivity contribution in [1.82, 2.24) is 14.9 Å². The Morgan fingerprint density at radius 1 is 1.28 bits per heavy atom. The molecule has 0 bridgehead atoms. The Balaban J connectivity index is 1.63. The van der Waals surface area contributed by atoms with Crippen LogP contribution in [0.4, 0.5) is 5.69 Å². The average Bonchev–Trinajstić information content (AvgIpc) is 2.91.